The maximum atomic E-state index is 12.9. The molecular formula is C17H23FN2O2. The third kappa shape index (κ3) is 4.55. The molecule has 22 heavy (non-hydrogen) atoms. The number of rotatable bonds is 4. The van der Waals surface area contributed by atoms with Gasteiger partial charge < -0.3 is 10.2 Å². The predicted molar refractivity (Wildman–Crippen MR) is 82.7 cm³/mol. The Hall–Kier alpha value is -1.91. The van der Waals surface area contributed by atoms with Gasteiger partial charge in [0.15, 0.2) is 0 Å². The largest absolute Gasteiger partial charge is 0.354 e. The third-order valence-electron chi connectivity index (χ3n) is 3.92. The van der Waals surface area contributed by atoms with Crippen molar-refractivity contribution < 1.29 is 14.0 Å². The predicted octanol–water partition coefficient (Wildman–Crippen LogP) is 2.13. The van der Waals surface area contributed by atoms with E-state index in [9.17, 15) is 14.0 Å². The first-order valence-corrected chi connectivity index (χ1v) is 7.78. The minimum Gasteiger partial charge on any atom is -0.354 e. The lowest BCUT2D eigenvalue weighted by molar-refractivity contribution is -0.135. The van der Waals surface area contributed by atoms with E-state index in [0.29, 0.717) is 25.9 Å². The SMILES string of the molecule is CC(C)NC(=O)C1CCN(C(=O)Cc2ccc(F)cc2)CC1. The summed E-state index contributed by atoms with van der Waals surface area (Å²) in [6.45, 7) is 5.10. The van der Waals surface area contributed by atoms with E-state index in [1.54, 1.807) is 17.0 Å². The summed E-state index contributed by atoms with van der Waals surface area (Å²) in [5.74, 6) is -0.180. The smallest absolute Gasteiger partial charge is 0.226 e. The van der Waals surface area contributed by atoms with Crippen molar-refractivity contribution in [3.05, 3.63) is 35.6 Å². The highest BCUT2D eigenvalue weighted by Crippen LogP contribution is 2.18. The number of carbonyl (C=O) groups excluding carboxylic acids is 2. The summed E-state index contributed by atoms with van der Waals surface area (Å²) in [5, 5.41) is 2.92. The van der Waals surface area contributed by atoms with Crippen LogP contribution >= 0.6 is 0 Å². The zero-order chi connectivity index (χ0) is 16.1. The molecule has 0 aliphatic carbocycles. The molecule has 1 saturated heterocycles. The van der Waals surface area contributed by atoms with Crippen molar-refractivity contribution in [2.75, 3.05) is 13.1 Å². The average molecular weight is 306 g/mol. The van der Waals surface area contributed by atoms with Crippen molar-refractivity contribution in [2.45, 2.75) is 39.2 Å². The monoisotopic (exact) mass is 306 g/mol. The maximum Gasteiger partial charge on any atom is 0.226 e. The molecule has 4 nitrogen and oxygen atoms in total. The van der Waals surface area contributed by atoms with Gasteiger partial charge in [0.2, 0.25) is 11.8 Å². The third-order valence-corrected chi connectivity index (χ3v) is 3.92. The first kappa shape index (κ1) is 16.5. The fourth-order valence-electron chi connectivity index (χ4n) is 2.68. The maximum absolute atomic E-state index is 12.9. The Bertz CT molecular complexity index is 520. The van der Waals surface area contributed by atoms with Crippen LogP contribution in [0.5, 0.6) is 0 Å². The number of nitrogens with zero attached hydrogens (tertiary/aromatic N) is 1. The lowest BCUT2D eigenvalue weighted by Crippen LogP contribution is -2.44. The number of hydrogen-bond donors (Lipinski definition) is 1. The molecule has 0 atom stereocenters. The summed E-state index contributed by atoms with van der Waals surface area (Å²) in [6.07, 6.45) is 1.69. The first-order valence-electron chi connectivity index (χ1n) is 7.78. The van der Waals surface area contributed by atoms with Crippen LogP contribution in [0.25, 0.3) is 0 Å². The lowest BCUT2D eigenvalue weighted by atomic mass is 9.95. The Morgan fingerprint density at radius 3 is 2.36 bits per heavy atom. The van der Waals surface area contributed by atoms with Gasteiger partial charge in [0, 0.05) is 25.0 Å². The molecule has 5 heteroatoms. The number of likely N-dealkylation sites (tertiary alicyclic amines) is 1. The summed E-state index contributed by atoms with van der Waals surface area (Å²) in [6, 6.07) is 6.15. The fourth-order valence-corrected chi connectivity index (χ4v) is 2.68. The second-order valence-corrected chi connectivity index (χ2v) is 6.12. The lowest BCUT2D eigenvalue weighted by Gasteiger charge is -2.31. The Morgan fingerprint density at radius 2 is 1.82 bits per heavy atom. The van der Waals surface area contributed by atoms with Crippen LogP contribution in [-0.4, -0.2) is 35.8 Å². The molecule has 120 valence electrons. The van der Waals surface area contributed by atoms with E-state index in [4.69, 9.17) is 0 Å². The molecule has 1 aromatic carbocycles. The Balaban J connectivity index is 1.82. The van der Waals surface area contributed by atoms with Gasteiger partial charge in [-0.25, -0.2) is 4.39 Å². The highest BCUT2D eigenvalue weighted by molar-refractivity contribution is 5.81. The molecule has 0 aromatic heterocycles. The molecule has 1 heterocycles. The van der Waals surface area contributed by atoms with Gasteiger partial charge >= 0.3 is 0 Å². The highest BCUT2D eigenvalue weighted by Gasteiger charge is 2.27. The van der Waals surface area contributed by atoms with Gasteiger partial charge in [-0.15, -0.1) is 0 Å². The molecule has 0 unspecified atom stereocenters. The molecule has 2 amide bonds. The summed E-state index contributed by atoms with van der Waals surface area (Å²) in [4.78, 5) is 26.0. The van der Waals surface area contributed by atoms with E-state index >= 15 is 0 Å². The van der Waals surface area contributed by atoms with Crippen molar-refractivity contribution in [3.63, 3.8) is 0 Å². The van der Waals surface area contributed by atoms with Crippen molar-refractivity contribution in [1.82, 2.24) is 10.2 Å². The number of benzene rings is 1. The number of carbonyl (C=O) groups is 2. The second-order valence-electron chi connectivity index (χ2n) is 6.12. The van der Waals surface area contributed by atoms with Gasteiger partial charge in [-0.05, 0) is 44.4 Å². The molecule has 0 saturated carbocycles. The summed E-state index contributed by atoms with van der Waals surface area (Å²) in [5.41, 5.74) is 0.811. The molecule has 0 bridgehead atoms. The number of piperidine rings is 1. The Morgan fingerprint density at radius 1 is 1.23 bits per heavy atom. The molecule has 2 rings (SSSR count). The van der Waals surface area contributed by atoms with Crippen LogP contribution in [0.4, 0.5) is 4.39 Å². The summed E-state index contributed by atoms with van der Waals surface area (Å²) in [7, 11) is 0. The number of halogens is 1. The van der Waals surface area contributed by atoms with Crippen LogP contribution in [-0.2, 0) is 16.0 Å². The minimum absolute atomic E-state index is 0.00253. The van der Waals surface area contributed by atoms with E-state index in [2.05, 4.69) is 5.32 Å². The molecule has 0 spiro atoms. The summed E-state index contributed by atoms with van der Waals surface area (Å²) >= 11 is 0. The highest BCUT2D eigenvalue weighted by atomic mass is 19.1. The quantitative estimate of drug-likeness (QED) is 0.926. The van der Waals surface area contributed by atoms with Crippen LogP contribution in [0.2, 0.25) is 0 Å². The van der Waals surface area contributed by atoms with Gasteiger partial charge in [0.05, 0.1) is 6.42 Å². The molecule has 1 aliphatic rings. The van der Waals surface area contributed by atoms with Crippen LogP contribution in [0.3, 0.4) is 0 Å². The Labute approximate surface area is 130 Å². The number of amides is 2. The van der Waals surface area contributed by atoms with Crippen LogP contribution < -0.4 is 5.32 Å². The van der Waals surface area contributed by atoms with E-state index in [1.165, 1.54) is 12.1 Å². The van der Waals surface area contributed by atoms with E-state index in [-0.39, 0.29) is 36.0 Å². The van der Waals surface area contributed by atoms with Crippen molar-refractivity contribution in [1.29, 1.82) is 0 Å². The fraction of sp³-hybridized carbons (Fsp3) is 0.529. The van der Waals surface area contributed by atoms with Crippen LogP contribution in [0.15, 0.2) is 24.3 Å². The van der Waals surface area contributed by atoms with Gasteiger partial charge in [0.1, 0.15) is 5.82 Å². The average Bonchev–Trinajstić information content (AvgIpc) is 2.49. The van der Waals surface area contributed by atoms with Crippen LogP contribution in [0, 0.1) is 11.7 Å². The van der Waals surface area contributed by atoms with Crippen molar-refractivity contribution in [2.24, 2.45) is 5.92 Å². The number of hydrogen-bond acceptors (Lipinski definition) is 2. The normalized spacial score (nSPS) is 15.9. The Kier molecular flexibility index (Phi) is 5.52. The molecule has 1 N–H and O–H groups in total. The summed E-state index contributed by atoms with van der Waals surface area (Å²) < 4.78 is 12.9. The van der Waals surface area contributed by atoms with Gasteiger partial charge in [-0.2, -0.15) is 0 Å². The van der Waals surface area contributed by atoms with E-state index < -0.39 is 0 Å². The standard InChI is InChI=1S/C17H23FN2O2/c1-12(2)19-17(22)14-7-9-20(10-8-14)16(21)11-13-3-5-15(18)6-4-13/h3-6,12,14H,7-11H2,1-2H3,(H,19,22). The van der Waals surface area contributed by atoms with Crippen molar-refractivity contribution in [3.8, 4) is 0 Å². The van der Waals surface area contributed by atoms with Crippen molar-refractivity contribution >= 4 is 11.8 Å². The van der Waals surface area contributed by atoms with E-state index in [0.717, 1.165) is 5.56 Å². The molecule has 0 radical (unpaired) electrons. The second kappa shape index (κ2) is 7.38. The molecular weight excluding hydrogens is 283 g/mol. The number of nitrogens with one attached hydrogen (secondary N) is 1. The zero-order valence-electron chi connectivity index (χ0n) is 13.1. The molecule has 1 aromatic rings. The minimum atomic E-state index is -0.298. The van der Waals surface area contributed by atoms with Gasteiger partial charge in [-0.3, -0.25) is 9.59 Å². The van der Waals surface area contributed by atoms with E-state index in [1.807, 2.05) is 13.8 Å². The van der Waals surface area contributed by atoms with Gasteiger partial charge in [-0.1, -0.05) is 12.1 Å². The molecule has 1 fully saturated rings. The topological polar surface area (TPSA) is 49.4 Å². The van der Waals surface area contributed by atoms with Gasteiger partial charge in [0.25, 0.3) is 0 Å². The zero-order valence-corrected chi connectivity index (χ0v) is 13.1. The first-order chi connectivity index (χ1) is 10.5. The molecule has 1 aliphatic heterocycles. The van der Waals surface area contributed by atoms with Crippen LogP contribution in [0.1, 0.15) is 32.3 Å².